The molecule has 9 heteroatoms. The standard InChI is InChI=1S/C17H17N3O5S/c21-16-11-10-15(17(18-16)12-4-2-1-3-5-12)19-26(24,25)14-8-6-13(7-9-14)20(22)23/h1-9,15,17,19H,10-11H2,(H,18,21)/t15-,17-/m0/s1. The van der Waals surface area contributed by atoms with Gasteiger partial charge in [-0.2, -0.15) is 0 Å². The van der Waals surface area contributed by atoms with Crippen molar-refractivity contribution >= 4 is 21.6 Å². The Morgan fingerprint density at radius 1 is 1.08 bits per heavy atom. The summed E-state index contributed by atoms with van der Waals surface area (Å²) in [5, 5.41) is 13.5. The van der Waals surface area contributed by atoms with E-state index in [0.717, 1.165) is 17.7 Å². The molecule has 3 rings (SSSR count). The number of nitrogens with zero attached hydrogens (tertiary/aromatic N) is 1. The fraction of sp³-hybridized carbons (Fsp3) is 0.235. The summed E-state index contributed by atoms with van der Waals surface area (Å²) in [7, 11) is -3.88. The van der Waals surface area contributed by atoms with E-state index in [1.54, 1.807) is 0 Å². The number of benzene rings is 2. The number of amides is 1. The molecule has 8 nitrogen and oxygen atoms in total. The van der Waals surface area contributed by atoms with Gasteiger partial charge >= 0.3 is 0 Å². The molecule has 2 N–H and O–H groups in total. The van der Waals surface area contributed by atoms with E-state index in [1.165, 1.54) is 12.1 Å². The van der Waals surface area contributed by atoms with Crippen molar-refractivity contribution < 1.29 is 18.1 Å². The van der Waals surface area contributed by atoms with Gasteiger partial charge in [-0.15, -0.1) is 0 Å². The third kappa shape index (κ3) is 3.89. The zero-order chi connectivity index (χ0) is 18.7. The molecule has 26 heavy (non-hydrogen) atoms. The van der Waals surface area contributed by atoms with Gasteiger partial charge in [0.05, 0.1) is 15.9 Å². The van der Waals surface area contributed by atoms with Gasteiger partial charge in [0.25, 0.3) is 5.69 Å². The minimum atomic E-state index is -3.88. The van der Waals surface area contributed by atoms with Crippen molar-refractivity contribution in [3.05, 3.63) is 70.3 Å². The van der Waals surface area contributed by atoms with Crippen molar-refractivity contribution in [3.63, 3.8) is 0 Å². The molecule has 1 aliphatic rings. The zero-order valence-corrected chi connectivity index (χ0v) is 14.5. The van der Waals surface area contributed by atoms with Crippen LogP contribution in [0.4, 0.5) is 5.69 Å². The average molecular weight is 375 g/mol. The van der Waals surface area contributed by atoms with Gasteiger partial charge in [-0.1, -0.05) is 30.3 Å². The molecule has 0 radical (unpaired) electrons. The van der Waals surface area contributed by atoms with Gasteiger partial charge in [0.15, 0.2) is 0 Å². The van der Waals surface area contributed by atoms with Crippen LogP contribution in [0.1, 0.15) is 24.4 Å². The number of sulfonamides is 1. The van der Waals surface area contributed by atoms with Crippen LogP contribution in [0.5, 0.6) is 0 Å². The number of hydrogen-bond acceptors (Lipinski definition) is 5. The highest BCUT2D eigenvalue weighted by atomic mass is 32.2. The third-order valence-corrected chi connectivity index (χ3v) is 5.73. The van der Waals surface area contributed by atoms with Crippen molar-refractivity contribution in [1.29, 1.82) is 0 Å². The fourth-order valence-electron chi connectivity index (χ4n) is 2.92. The Kier molecular flexibility index (Phi) is 5.01. The van der Waals surface area contributed by atoms with Crippen LogP contribution in [0.3, 0.4) is 0 Å². The monoisotopic (exact) mass is 375 g/mol. The number of non-ortho nitro benzene ring substituents is 1. The highest BCUT2D eigenvalue weighted by Gasteiger charge is 2.33. The molecule has 2 aromatic rings. The van der Waals surface area contributed by atoms with Gasteiger partial charge in [0, 0.05) is 24.6 Å². The van der Waals surface area contributed by atoms with Crippen LogP contribution < -0.4 is 10.0 Å². The van der Waals surface area contributed by atoms with E-state index in [4.69, 9.17) is 0 Å². The summed E-state index contributed by atoms with van der Waals surface area (Å²) in [6.07, 6.45) is 0.578. The molecule has 1 fully saturated rings. The molecule has 1 amide bonds. The van der Waals surface area contributed by atoms with E-state index in [0.29, 0.717) is 6.42 Å². The second kappa shape index (κ2) is 7.22. The first-order valence-electron chi connectivity index (χ1n) is 7.98. The molecule has 0 spiro atoms. The third-order valence-electron chi connectivity index (χ3n) is 4.22. The number of carbonyl (C=O) groups excluding carboxylic acids is 1. The summed E-state index contributed by atoms with van der Waals surface area (Å²) < 4.78 is 27.9. The van der Waals surface area contributed by atoms with Crippen LogP contribution in [0.15, 0.2) is 59.5 Å². The molecule has 0 saturated carbocycles. The van der Waals surface area contributed by atoms with E-state index >= 15 is 0 Å². The topological polar surface area (TPSA) is 118 Å². The Labute approximate surface area is 150 Å². The highest BCUT2D eigenvalue weighted by Crippen LogP contribution is 2.26. The Balaban J connectivity index is 1.84. The van der Waals surface area contributed by atoms with Crippen LogP contribution in [0, 0.1) is 10.1 Å². The average Bonchev–Trinajstić information content (AvgIpc) is 2.64. The Morgan fingerprint density at radius 2 is 1.73 bits per heavy atom. The molecule has 2 aromatic carbocycles. The van der Waals surface area contributed by atoms with Crippen LogP contribution >= 0.6 is 0 Å². The summed E-state index contributed by atoms with van der Waals surface area (Å²) in [5.74, 6) is -0.135. The van der Waals surface area contributed by atoms with E-state index < -0.39 is 27.0 Å². The van der Waals surface area contributed by atoms with Gasteiger partial charge in [-0.3, -0.25) is 14.9 Å². The second-order valence-electron chi connectivity index (χ2n) is 5.97. The Morgan fingerprint density at radius 3 is 2.35 bits per heavy atom. The molecule has 0 bridgehead atoms. The van der Waals surface area contributed by atoms with Crippen LogP contribution in [0.2, 0.25) is 0 Å². The van der Waals surface area contributed by atoms with Gasteiger partial charge in [-0.05, 0) is 24.1 Å². The molecule has 1 aliphatic heterocycles. The summed E-state index contributed by atoms with van der Waals surface area (Å²) in [6, 6.07) is 12.8. The first-order valence-corrected chi connectivity index (χ1v) is 9.46. The summed E-state index contributed by atoms with van der Waals surface area (Å²) in [5.41, 5.74) is 0.619. The predicted octanol–water partition coefficient (Wildman–Crippen LogP) is 1.89. The Hall–Kier alpha value is -2.78. The highest BCUT2D eigenvalue weighted by molar-refractivity contribution is 7.89. The van der Waals surface area contributed by atoms with Crippen LogP contribution in [0.25, 0.3) is 0 Å². The van der Waals surface area contributed by atoms with Crippen LogP contribution in [-0.4, -0.2) is 25.3 Å². The molecule has 136 valence electrons. The van der Waals surface area contributed by atoms with Gasteiger partial charge in [-0.25, -0.2) is 13.1 Å². The SMILES string of the molecule is O=C1CC[C@H](NS(=O)(=O)c2ccc([N+](=O)[O-])cc2)[C@H](c2ccccc2)N1. The molecular formula is C17H17N3O5S. The van der Waals surface area contributed by atoms with Gasteiger partial charge < -0.3 is 5.32 Å². The zero-order valence-electron chi connectivity index (χ0n) is 13.7. The molecular weight excluding hydrogens is 358 g/mol. The molecule has 1 saturated heterocycles. The molecule has 0 aliphatic carbocycles. The number of rotatable bonds is 5. The maximum absolute atomic E-state index is 12.6. The number of carbonyl (C=O) groups is 1. The fourth-order valence-corrected chi connectivity index (χ4v) is 4.20. The largest absolute Gasteiger partial charge is 0.348 e. The molecule has 1 heterocycles. The minimum absolute atomic E-state index is 0.0631. The summed E-state index contributed by atoms with van der Waals surface area (Å²) >= 11 is 0. The lowest BCUT2D eigenvalue weighted by Crippen LogP contribution is -2.50. The van der Waals surface area contributed by atoms with Crippen molar-refractivity contribution in [3.8, 4) is 0 Å². The first-order chi connectivity index (χ1) is 12.4. The van der Waals surface area contributed by atoms with E-state index in [2.05, 4.69) is 10.0 Å². The van der Waals surface area contributed by atoms with E-state index in [9.17, 15) is 23.3 Å². The van der Waals surface area contributed by atoms with E-state index in [1.807, 2.05) is 30.3 Å². The van der Waals surface area contributed by atoms with E-state index in [-0.39, 0.29) is 22.9 Å². The van der Waals surface area contributed by atoms with Gasteiger partial charge in [0.1, 0.15) is 0 Å². The first kappa shape index (κ1) is 18.0. The lowest BCUT2D eigenvalue weighted by Gasteiger charge is -2.33. The van der Waals surface area contributed by atoms with Gasteiger partial charge in [0.2, 0.25) is 15.9 Å². The van der Waals surface area contributed by atoms with Crippen molar-refractivity contribution in [2.75, 3.05) is 0 Å². The predicted molar refractivity (Wildman–Crippen MR) is 93.8 cm³/mol. The van der Waals surface area contributed by atoms with Crippen molar-refractivity contribution in [1.82, 2.24) is 10.0 Å². The smallest absolute Gasteiger partial charge is 0.269 e. The molecule has 0 aromatic heterocycles. The van der Waals surface area contributed by atoms with Crippen molar-refractivity contribution in [2.45, 2.75) is 29.8 Å². The number of nitrogens with one attached hydrogen (secondary N) is 2. The van der Waals surface area contributed by atoms with Crippen molar-refractivity contribution in [2.24, 2.45) is 0 Å². The number of nitro groups is 1. The summed E-state index contributed by atoms with van der Waals surface area (Å²) in [4.78, 5) is 21.8. The Bertz CT molecular complexity index is 913. The van der Waals surface area contributed by atoms with Crippen LogP contribution in [-0.2, 0) is 14.8 Å². The maximum Gasteiger partial charge on any atom is 0.269 e. The number of nitro benzene ring substituents is 1. The molecule has 2 atom stereocenters. The minimum Gasteiger partial charge on any atom is -0.348 e. The lowest BCUT2D eigenvalue weighted by molar-refractivity contribution is -0.384. The molecule has 0 unspecified atom stereocenters. The number of hydrogen-bond donors (Lipinski definition) is 2. The normalized spacial score (nSPS) is 20.4. The quantitative estimate of drug-likeness (QED) is 0.611. The maximum atomic E-state index is 12.6. The lowest BCUT2D eigenvalue weighted by atomic mass is 9.93. The summed E-state index contributed by atoms with van der Waals surface area (Å²) in [6.45, 7) is 0. The number of piperidine rings is 1. The second-order valence-corrected chi connectivity index (χ2v) is 7.69.